The first-order valence-electron chi connectivity index (χ1n) is 10.0. The molecule has 2 fully saturated rings. The van der Waals surface area contributed by atoms with Crippen LogP contribution in [0.1, 0.15) is 51.5 Å². The number of aromatic nitrogens is 1. The maximum Gasteiger partial charge on any atom is 0.191 e. The summed E-state index contributed by atoms with van der Waals surface area (Å²) in [5, 5.41) is 6.92. The summed E-state index contributed by atoms with van der Waals surface area (Å²) in [4.78, 5) is 11.8. The van der Waals surface area contributed by atoms with Crippen LogP contribution in [-0.2, 0) is 6.54 Å². The van der Waals surface area contributed by atoms with E-state index in [0.717, 1.165) is 38.0 Å². The zero-order chi connectivity index (χ0) is 18.2. The Labute approximate surface area is 185 Å². The molecule has 2 N–H and O–H groups in total. The Morgan fingerprint density at radius 3 is 2.78 bits per heavy atom. The van der Waals surface area contributed by atoms with Crippen LogP contribution in [0, 0.1) is 0 Å². The van der Waals surface area contributed by atoms with Gasteiger partial charge in [0.2, 0.25) is 0 Å². The number of hydrogen-bond donors (Lipinski definition) is 2. The van der Waals surface area contributed by atoms with Crippen molar-refractivity contribution in [2.75, 3.05) is 36.8 Å². The van der Waals surface area contributed by atoms with E-state index >= 15 is 0 Å². The van der Waals surface area contributed by atoms with Crippen LogP contribution in [0.5, 0.6) is 0 Å². The van der Waals surface area contributed by atoms with Crippen LogP contribution >= 0.6 is 35.7 Å². The minimum Gasteiger partial charge on any atom is -0.357 e. The van der Waals surface area contributed by atoms with Crippen molar-refractivity contribution in [1.29, 1.82) is 0 Å². The Morgan fingerprint density at radius 2 is 2.07 bits per heavy atom. The highest BCUT2D eigenvalue weighted by atomic mass is 127. The molecule has 5 nitrogen and oxygen atoms in total. The predicted molar refractivity (Wildman–Crippen MR) is 129 cm³/mol. The van der Waals surface area contributed by atoms with Gasteiger partial charge in [-0.1, -0.05) is 0 Å². The second-order valence-corrected chi connectivity index (χ2v) is 9.20. The van der Waals surface area contributed by atoms with Crippen LogP contribution < -0.4 is 15.5 Å². The maximum absolute atomic E-state index is 4.80. The molecule has 1 aromatic rings. The van der Waals surface area contributed by atoms with Gasteiger partial charge in [0, 0.05) is 37.1 Å². The van der Waals surface area contributed by atoms with Crippen molar-refractivity contribution < 1.29 is 0 Å². The lowest BCUT2D eigenvalue weighted by Gasteiger charge is -2.27. The van der Waals surface area contributed by atoms with E-state index in [-0.39, 0.29) is 24.0 Å². The van der Waals surface area contributed by atoms with Gasteiger partial charge in [-0.05, 0) is 69.4 Å². The standard InChI is InChI=1S/C20H33N5S.HI/c1-3-21-19(24-16-20(2)9-7-13-26-20)23-15-17-8-10-22-18(14-17)25-11-5-4-6-12-25;/h8,10,14H,3-7,9,11-13,15-16H2,1-2H3,(H2,21,23,24);1H. The number of anilines is 1. The molecule has 1 unspecified atom stereocenters. The quantitative estimate of drug-likeness (QED) is 0.349. The summed E-state index contributed by atoms with van der Waals surface area (Å²) in [5.41, 5.74) is 1.22. The van der Waals surface area contributed by atoms with E-state index in [1.807, 2.05) is 6.20 Å². The Kier molecular flexibility index (Phi) is 9.48. The van der Waals surface area contributed by atoms with Crippen LogP contribution in [0.25, 0.3) is 0 Å². The lowest BCUT2D eigenvalue weighted by atomic mass is 10.1. The fourth-order valence-electron chi connectivity index (χ4n) is 3.61. The normalized spacial score (nSPS) is 23.0. The summed E-state index contributed by atoms with van der Waals surface area (Å²) in [7, 11) is 0. The first kappa shape index (κ1) is 22.6. The Bertz CT molecular complexity index is 598. The van der Waals surface area contributed by atoms with Gasteiger partial charge in [0.15, 0.2) is 5.96 Å². The molecule has 7 heteroatoms. The van der Waals surface area contributed by atoms with E-state index in [4.69, 9.17) is 4.99 Å². The van der Waals surface area contributed by atoms with Crippen molar-refractivity contribution in [1.82, 2.24) is 15.6 Å². The van der Waals surface area contributed by atoms with Gasteiger partial charge in [0.1, 0.15) is 5.82 Å². The van der Waals surface area contributed by atoms with E-state index < -0.39 is 0 Å². The number of hydrogen-bond acceptors (Lipinski definition) is 4. The molecular weight excluding hydrogens is 469 g/mol. The van der Waals surface area contributed by atoms with Crippen LogP contribution in [0.3, 0.4) is 0 Å². The van der Waals surface area contributed by atoms with Crippen molar-refractivity contribution in [3.8, 4) is 0 Å². The minimum absolute atomic E-state index is 0. The zero-order valence-electron chi connectivity index (χ0n) is 16.7. The number of thioether (sulfide) groups is 1. The fraction of sp³-hybridized carbons (Fsp3) is 0.700. The monoisotopic (exact) mass is 503 g/mol. The topological polar surface area (TPSA) is 52.6 Å². The van der Waals surface area contributed by atoms with Crippen LogP contribution in [0.2, 0.25) is 0 Å². The van der Waals surface area contributed by atoms with Gasteiger partial charge in [0.25, 0.3) is 0 Å². The highest BCUT2D eigenvalue weighted by Gasteiger charge is 2.29. The first-order chi connectivity index (χ1) is 12.7. The van der Waals surface area contributed by atoms with E-state index in [1.54, 1.807) is 0 Å². The highest BCUT2D eigenvalue weighted by molar-refractivity contribution is 14.0. The number of pyridine rings is 1. The summed E-state index contributed by atoms with van der Waals surface area (Å²) < 4.78 is 0.342. The van der Waals surface area contributed by atoms with Crippen molar-refractivity contribution in [2.45, 2.75) is 57.2 Å². The summed E-state index contributed by atoms with van der Waals surface area (Å²) >= 11 is 2.08. The summed E-state index contributed by atoms with van der Waals surface area (Å²) in [6.07, 6.45) is 8.42. The van der Waals surface area contributed by atoms with Crippen LogP contribution in [-0.4, -0.2) is 47.6 Å². The Hall–Kier alpha value is -0.700. The number of aliphatic imine (C=N–C) groups is 1. The smallest absolute Gasteiger partial charge is 0.191 e. The molecule has 0 spiro atoms. The number of nitrogens with zero attached hydrogens (tertiary/aromatic N) is 3. The summed E-state index contributed by atoms with van der Waals surface area (Å²) in [6.45, 7) is 9.26. The van der Waals surface area contributed by atoms with E-state index in [0.29, 0.717) is 11.3 Å². The number of nitrogens with one attached hydrogen (secondary N) is 2. The molecule has 152 valence electrons. The third-order valence-electron chi connectivity index (χ3n) is 5.18. The van der Waals surface area contributed by atoms with Gasteiger partial charge in [-0.2, -0.15) is 11.8 Å². The number of piperidine rings is 1. The lowest BCUT2D eigenvalue weighted by Crippen LogP contribution is -2.43. The minimum atomic E-state index is 0. The van der Waals surface area contributed by atoms with E-state index in [1.165, 1.54) is 43.4 Å². The molecule has 0 aliphatic carbocycles. The summed E-state index contributed by atoms with van der Waals surface area (Å²) in [5.74, 6) is 3.30. The largest absolute Gasteiger partial charge is 0.357 e. The third kappa shape index (κ3) is 7.00. The second-order valence-electron chi connectivity index (χ2n) is 7.52. The van der Waals surface area contributed by atoms with Gasteiger partial charge >= 0.3 is 0 Å². The van der Waals surface area contributed by atoms with Crippen LogP contribution in [0.4, 0.5) is 5.82 Å². The molecule has 1 aromatic heterocycles. The molecule has 2 aliphatic rings. The molecule has 0 saturated carbocycles. The van der Waals surface area contributed by atoms with Crippen molar-refractivity contribution in [3.05, 3.63) is 23.9 Å². The molecule has 2 saturated heterocycles. The van der Waals surface area contributed by atoms with Gasteiger partial charge in [-0.3, -0.25) is 0 Å². The van der Waals surface area contributed by atoms with Gasteiger partial charge in [0.05, 0.1) is 6.54 Å². The molecule has 1 atom stereocenters. The maximum atomic E-state index is 4.80. The third-order valence-corrected chi connectivity index (χ3v) is 6.72. The predicted octanol–water partition coefficient (Wildman–Crippen LogP) is 4.03. The number of halogens is 1. The van der Waals surface area contributed by atoms with Crippen molar-refractivity contribution in [3.63, 3.8) is 0 Å². The zero-order valence-corrected chi connectivity index (χ0v) is 19.8. The molecule has 0 aromatic carbocycles. The highest BCUT2D eigenvalue weighted by Crippen LogP contribution is 2.36. The average Bonchev–Trinajstić information content (AvgIpc) is 3.12. The van der Waals surface area contributed by atoms with E-state index in [2.05, 4.69) is 58.3 Å². The average molecular weight is 503 g/mol. The van der Waals surface area contributed by atoms with Crippen LogP contribution in [0.15, 0.2) is 23.3 Å². The molecule has 0 amide bonds. The molecule has 2 aliphatic heterocycles. The Morgan fingerprint density at radius 1 is 1.26 bits per heavy atom. The SMILES string of the molecule is CCNC(=NCc1ccnc(N2CCCCC2)c1)NCC1(C)CCCS1.I. The molecule has 0 radical (unpaired) electrons. The molecule has 27 heavy (non-hydrogen) atoms. The molecule has 0 bridgehead atoms. The van der Waals surface area contributed by atoms with E-state index in [9.17, 15) is 0 Å². The van der Waals surface area contributed by atoms with Gasteiger partial charge in [-0.15, -0.1) is 24.0 Å². The first-order valence-corrected chi connectivity index (χ1v) is 11.0. The Balaban J connectivity index is 0.00000261. The molecular formula is C20H34IN5S. The molecule has 3 heterocycles. The number of guanidine groups is 1. The molecule has 3 rings (SSSR count). The van der Waals surface area contributed by atoms with Gasteiger partial charge < -0.3 is 15.5 Å². The van der Waals surface area contributed by atoms with Gasteiger partial charge in [-0.25, -0.2) is 9.98 Å². The van der Waals surface area contributed by atoms with Crippen molar-refractivity contribution >= 4 is 47.5 Å². The lowest BCUT2D eigenvalue weighted by molar-refractivity contribution is 0.573. The number of rotatable bonds is 6. The summed E-state index contributed by atoms with van der Waals surface area (Å²) in [6, 6.07) is 4.28. The van der Waals surface area contributed by atoms with Crippen molar-refractivity contribution in [2.24, 2.45) is 4.99 Å². The second kappa shape index (κ2) is 11.3. The fourth-order valence-corrected chi connectivity index (χ4v) is 4.86.